The van der Waals surface area contributed by atoms with Crippen LogP contribution in [0, 0.1) is 12.8 Å². The van der Waals surface area contributed by atoms with Crippen molar-refractivity contribution in [3.8, 4) is 11.3 Å². The molecular formula is C23H22N2O. The Balaban J connectivity index is 1.54. The lowest BCUT2D eigenvalue weighted by Crippen LogP contribution is -1.99. The quantitative estimate of drug-likeness (QED) is 0.451. The van der Waals surface area contributed by atoms with Crippen molar-refractivity contribution in [1.82, 2.24) is 9.97 Å². The van der Waals surface area contributed by atoms with Crippen LogP contribution in [0.15, 0.2) is 53.1 Å². The van der Waals surface area contributed by atoms with Gasteiger partial charge in [-0.3, -0.25) is 4.98 Å². The second kappa shape index (κ2) is 6.24. The molecule has 1 aromatic carbocycles. The van der Waals surface area contributed by atoms with Crippen molar-refractivity contribution in [3.63, 3.8) is 0 Å². The van der Waals surface area contributed by atoms with E-state index in [4.69, 9.17) is 13.5 Å². The first-order valence-electron chi connectivity index (χ1n) is 10.8. The smallest absolute Gasteiger partial charge is 0.227 e. The highest BCUT2D eigenvalue weighted by molar-refractivity contribution is 6.08. The molecule has 0 aliphatic heterocycles. The molecule has 3 heteroatoms. The van der Waals surface area contributed by atoms with E-state index in [9.17, 15) is 0 Å². The molecule has 0 bridgehead atoms. The van der Waals surface area contributed by atoms with Crippen molar-refractivity contribution >= 4 is 22.1 Å². The van der Waals surface area contributed by atoms with Crippen LogP contribution in [-0.2, 0) is 6.42 Å². The number of fused-ring (bicyclic) bond motifs is 3. The van der Waals surface area contributed by atoms with Crippen LogP contribution < -0.4 is 0 Å². The molecule has 3 aromatic heterocycles. The van der Waals surface area contributed by atoms with Gasteiger partial charge in [0.15, 0.2) is 0 Å². The van der Waals surface area contributed by atoms with Crippen molar-refractivity contribution in [2.75, 3.05) is 0 Å². The molecule has 130 valence electrons. The highest BCUT2D eigenvalue weighted by atomic mass is 16.3. The Morgan fingerprint density at radius 2 is 2.00 bits per heavy atom. The lowest BCUT2D eigenvalue weighted by atomic mass is 9.98. The van der Waals surface area contributed by atoms with Crippen LogP contribution in [0.4, 0.5) is 0 Å². The SMILES string of the molecule is [2H]C([2H])([2H])c1ccc2c(n1)oc1c(-c3ccc(CC4CCCC4)cn3)cccc12. The number of para-hydroxylation sites is 1. The maximum absolute atomic E-state index is 7.58. The number of pyridine rings is 2. The molecule has 0 saturated heterocycles. The standard InChI is InChI=1S/C23H22N2O/c1-15-9-11-19-18-7-4-8-20(22(18)26-23(19)25-15)21-12-10-17(14-24-21)13-16-5-2-3-6-16/h4,7-12,14,16H,2-3,5-6,13H2,1H3/i1D3. The fraction of sp³-hybridized carbons (Fsp3) is 0.304. The molecule has 26 heavy (non-hydrogen) atoms. The zero-order valence-electron chi connectivity index (χ0n) is 17.5. The maximum Gasteiger partial charge on any atom is 0.227 e. The number of hydrogen-bond acceptors (Lipinski definition) is 3. The molecule has 0 spiro atoms. The second-order valence-corrected chi connectivity index (χ2v) is 7.24. The molecule has 0 unspecified atom stereocenters. The molecule has 0 atom stereocenters. The third kappa shape index (κ3) is 2.68. The van der Waals surface area contributed by atoms with Gasteiger partial charge in [0.1, 0.15) is 5.58 Å². The van der Waals surface area contributed by atoms with Crippen LogP contribution in [0.3, 0.4) is 0 Å². The van der Waals surface area contributed by atoms with Crippen molar-refractivity contribution < 1.29 is 8.53 Å². The number of benzene rings is 1. The van der Waals surface area contributed by atoms with Crippen molar-refractivity contribution in [2.45, 2.75) is 39.0 Å². The van der Waals surface area contributed by atoms with E-state index in [1.807, 2.05) is 30.5 Å². The highest BCUT2D eigenvalue weighted by Crippen LogP contribution is 2.34. The fourth-order valence-electron chi connectivity index (χ4n) is 4.13. The van der Waals surface area contributed by atoms with E-state index in [1.54, 1.807) is 12.1 Å². The summed E-state index contributed by atoms with van der Waals surface area (Å²) in [7, 11) is 0. The highest BCUT2D eigenvalue weighted by Gasteiger charge is 2.16. The number of hydrogen-bond donors (Lipinski definition) is 0. The summed E-state index contributed by atoms with van der Waals surface area (Å²) < 4.78 is 28.7. The average molecular weight is 345 g/mol. The largest absolute Gasteiger partial charge is 0.437 e. The van der Waals surface area contributed by atoms with Gasteiger partial charge in [0.05, 0.1) is 5.69 Å². The predicted molar refractivity (Wildman–Crippen MR) is 105 cm³/mol. The van der Waals surface area contributed by atoms with Crippen molar-refractivity contribution in [3.05, 3.63) is 59.9 Å². The van der Waals surface area contributed by atoms with Gasteiger partial charge in [-0.15, -0.1) is 0 Å². The van der Waals surface area contributed by atoms with Crippen LogP contribution in [0.5, 0.6) is 0 Å². The molecule has 0 radical (unpaired) electrons. The predicted octanol–water partition coefficient (Wildman–Crippen LogP) is 6.08. The van der Waals surface area contributed by atoms with Gasteiger partial charge in [-0.1, -0.05) is 43.9 Å². The van der Waals surface area contributed by atoms with E-state index in [1.165, 1.54) is 31.2 Å². The van der Waals surface area contributed by atoms with Crippen LogP contribution in [-0.4, -0.2) is 9.97 Å². The van der Waals surface area contributed by atoms with Crippen LogP contribution >= 0.6 is 0 Å². The van der Waals surface area contributed by atoms with E-state index >= 15 is 0 Å². The van der Waals surface area contributed by atoms with E-state index in [0.717, 1.165) is 34.4 Å². The number of nitrogens with zero attached hydrogens (tertiary/aromatic N) is 2. The third-order valence-corrected chi connectivity index (χ3v) is 5.46. The maximum atomic E-state index is 7.58. The van der Waals surface area contributed by atoms with Gasteiger partial charge >= 0.3 is 0 Å². The van der Waals surface area contributed by atoms with Crippen LogP contribution in [0.1, 0.15) is 41.1 Å². The van der Waals surface area contributed by atoms with Gasteiger partial charge < -0.3 is 4.42 Å². The molecule has 0 amide bonds. The Morgan fingerprint density at radius 3 is 2.81 bits per heavy atom. The summed E-state index contributed by atoms with van der Waals surface area (Å²) in [5, 5.41) is 1.73. The number of furan rings is 1. The molecule has 1 fully saturated rings. The number of aromatic nitrogens is 2. The van der Waals surface area contributed by atoms with Gasteiger partial charge in [0.2, 0.25) is 5.71 Å². The van der Waals surface area contributed by atoms with E-state index in [0.29, 0.717) is 11.3 Å². The molecule has 3 nitrogen and oxygen atoms in total. The topological polar surface area (TPSA) is 38.9 Å². The summed E-state index contributed by atoms with van der Waals surface area (Å²) in [6.07, 6.45) is 8.42. The van der Waals surface area contributed by atoms with Gasteiger partial charge in [0, 0.05) is 32.3 Å². The first-order valence-corrected chi connectivity index (χ1v) is 9.27. The Kier molecular flexibility index (Phi) is 3.03. The third-order valence-electron chi connectivity index (χ3n) is 5.46. The van der Waals surface area contributed by atoms with E-state index in [2.05, 4.69) is 11.1 Å². The summed E-state index contributed by atoms with van der Waals surface area (Å²) in [6, 6.07) is 13.5. The normalized spacial score (nSPS) is 17.5. The minimum atomic E-state index is -2.26. The number of rotatable bonds is 3. The lowest BCUT2D eigenvalue weighted by Gasteiger charge is -2.09. The zero-order valence-corrected chi connectivity index (χ0v) is 14.5. The van der Waals surface area contributed by atoms with Crippen molar-refractivity contribution in [2.24, 2.45) is 5.92 Å². The molecule has 1 saturated carbocycles. The van der Waals surface area contributed by atoms with Gasteiger partial charge in [-0.25, -0.2) is 4.98 Å². The Morgan fingerprint density at radius 1 is 1.08 bits per heavy atom. The second-order valence-electron chi connectivity index (χ2n) is 7.24. The van der Waals surface area contributed by atoms with Crippen LogP contribution in [0.2, 0.25) is 0 Å². The zero-order chi connectivity index (χ0) is 20.0. The minimum Gasteiger partial charge on any atom is -0.437 e. The molecule has 0 N–H and O–H groups in total. The summed E-state index contributed by atoms with van der Waals surface area (Å²) in [5.74, 6) is 0.792. The van der Waals surface area contributed by atoms with E-state index in [-0.39, 0.29) is 5.69 Å². The molecule has 1 aliphatic carbocycles. The van der Waals surface area contributed by atoms with Crippen molar-refractivity contribution in [1.29, 1.82) is 0 Å². The minimum absolute atomic E-state index is 0.0417. The summed E-state index contributed by atoms with van der Waals surface area (Å²) in [4.78, 5) is 8.94. The molecule has 3 heterocycles. The number of aryl methyl sites for hydroxylation is 1. The average Bonchev–Trinajstić information content (AvgIpc) is 3.34. The summed E-state index contributed by atoms with van der Waals surface area (Å²) >= 11 is 0. The Bertz CT molecular complexity index is 1170. The fourth-order valence-corrected chi connectivity index (χ4v) is 4.13. The Hall–Kier alpha value is -2.68. The first kappa shape index (κ1) is 12.6. The Labute approximate surface area is 157 Å². The molecule has 1 aliphatic rings. The first-order chi connectivity index (χ1) is 14.0. The van der Waals surface area contributed by atoms with E-state index < -0.39 is 6.85 Å². The summed E-state index contributed by atoms with van der Waals surface area (Å²) in [5.41, 5.74) is 4.10. The molecule has 4 aromatic rings. The van der Waals surface area contributed by atoms with Gasteiger partial charge in [-0.05, 0) is 49.0 Å². The monoisotopic (exact) mass is 345 g/mol. The molecular weight excluding hydrogens is 320 g/mol. The van der Waals surface area contributed by atoms with Gasteiger partial charge in [-0.2, -0.15) is 0 Å². The molecule has 5 rings (SSSR count). The van der Waals surface area contributed by atoms with Gasteiger partial charge in [0.25, 0.3) is 0 Å². The summed E-state index contributed by atoms with van der Waals surface area (Å²) in [6.45, 7) is -2.26. The lowest BCUT2D eigenvalue weighted by molar-refractivity contribution is 0.545. The van der Waals surface area contributed by atoms with Crippen LogP contribution in [0.25, 0.3) is 33.3 Å².